The molecule has 1 saturated heterocycles. The van der Waals surface area contributed by atoms with Crippen LogP contribution in [0.15, 0.2) is 24.3 Å². The molecule has 1 aromatic rings. The highest BCUT2D eigenvalue weighted by Gasteiger charge is 2.60. The van der Waals surface area contributed by atoms with Gasteiger partial charge in [0.05, 0.1) is 5.41 Å². The Morgan fingerprint density at radius 2 is 1.84 bits per heavy atom. The molecule has 2 aliphatic rings. The molecular weight excluding hydrogens is 247 g/mol. The van der Waals surface area contributed by atoms with Crippen molar-refractivity contribution in [2.45, 2.75) is 31.1 Å². The lowest BCUT2D eigenvalue weighted by Gasteiger charge is -2.55. The molecule has 1 heterocycles. The smallest absolute Gasteiger partial charge is 0.314 e. The Labute approximate surface area is 111 Å². The fraction of sp³-hybridized carbons (Fsp3) is 0.533. The molecule has 0 amide bonds. The van der Waals surface area contributed by atoms with Gasteiger partial charge in [0, 0.05) is 18.8 Å². The maximum absolute atomic E-state index is 13.9. The van der Waals surface area contributed by atoms with Gasteiger partial charge in [-0.15, -0.1) is 0 Å². The van der Waals surface area contributed by atoms with Gasteiger partial charge in [0.1, 0.15) is 5.82 Å². The van der Waals surface area contributed by atoms with Gasteiger partial charge < -0.3 is 9.84 Å². The molecule has 1 aromatic carbocycles. The predicted octanol–water partition coefficient (Wildman–Crippen LogP) is 2.74. The minimum atomic E-state index is -1.04. The second kappa shape index (κ2) is 4.30. The van der Waals surface area contributed by atoms with E-state index in [1.807, 2.05) is 0 Å². The second-order valence-electron chi connectivity index (χ2n) is 5.83. The number of halogens is 1. The monoisotopic (exact) mass is 264 g/mol. The summed E-state index contributed by atoms with van der Waals surface area (Å²) in [5, 5.41) is 9.58. The average molecular weight is 264 g/mol. The summed E-state index contributed by atoms with van der Waals surface area (Å²) in [6, 6.07) is 6.25. The van der Waals surface area contributed by atoms with Crippen molar-refractivity contribution in [3.05, 3.63) is 35.6 Å². The van der Waals surface area contributed by atoms with Crippen molar-refractivity contribution < 1.29 is 19.0 Å². The van der Waals surface area contributed by atoms with Gasteiger partial charge in [-0.25, -0.2) is 4.39 Å². The van der Waals surface area contributed by atoms with Crippen LogP contribution >= 0.6 is 0 Å². The van der Waals surface area contributed by atoms with E-state index >= 15 is 0 Å². The first kappa shape index (κ1) is 12.6. The van der Waals surface area contributed by atoms with Crippen LogP contribution in [0.3, 0.4) is 0 Å². The fourth-order valence-electron chi connectivity index (χ4n) is 3.69. The summed E-state index contributed by atoms with van der Waals surface area (Å²) >= 11 is 0. The van der Waals surface area contributed by atoms with Gasteiger partial charge in [-0.3, -0.25) is 4.79 Å². The van der Waals surface area contributed by atoms with Gasteiger partial charge in [-0.05, 0) is 37.2 Å². The van der Waals surface area contributed by atoms with Crippen molar-refractivity contribution in [2.75, 3.05) is 13.2 Å². The van der Waals surface area contributed by atoms with E-state index in [-0.39, 0.29) is 5.41 Å². The minimum absolute atomic E-state index is 0.0406. The lowest BCUT2D eigenvalue weighted by molar-refractivity contribution is -0.160. The quantitative estimate of drug-likeness (QED) is 0.893. The normalized spacial score (nSPS) is 23.8. The number of carboxylic acids is 1. The molecular formula is C15H17FO3. The van der Waals surface area contributed by atoms with Crippen molar-refractivity contribution in [3.8, 4) is 0 Å². The Morgan fingerprint density at radius 1 is 1.21 bits per heavy atom. The summed E-state index contributed by atoms with van der Waals surface area (Å²) in [5.41, 5.74) is -0.665. The molecule has 0 atom stereocenters. The van der Waals surface area contributed by atoms with E-state index in [9.17, 15) is 14.3 Å². The second-order valence-corrected chi connectivity index (χ2v) is 5.83. The number of ether oxygens (including phenoxy) is 1. The van der Waals surface area contributed by atoms with E-state index in [1.165, 1.54) is 6.07 Å². The van der Waals surface area contributed by atoms with Gasteiger partial charge >= 0.3 is 5.97 Å². The highest BCUT2D eigenvalue weighted by molar-refractivity contribution is 5.83. The summed E-state index contributed by atoms with van der Waals surface area (Å²) in [7, 11) is 0. The first-order chi connectivity index (χ1) is 9.08. The third-order valence-corrected chi connectivity index (χ3v) is 4.71. The van der Waals surface area contributed by atoms with Crippen molar-refractivity contribution >= 4 is 5.97 Å². The molecule has 0 unspecified atom stereocenters. The Morgan fingerprint density at radius 3 is 2.42 bits per heavy atom. The van der Waals surface area contributed by atoms with Gasteiger partial charge in [0.15, 0.2) is 0 Å². The Bertz CT molecular complexity index is 498. The number of carbonyl (C=O) groups is 1. The van der Waals surface area contributed by atoms with E-state index in [1.54, 1.807) is 18.2 Å². The Hall–Kier alpha value is -1.42. The van der Waals surface area contributed by atoms with Crippen LogP contribution in [0.4, 0.5) is 4.39 Å². The van der Waals surface area contributed by atoms with Crippen LogP contribution in [0.2, 0.25) is 0 Å². The first-order valence-electron chi connectivity index (χ1n) is 6.64. The summed E-state index contributed by atoms with van der Waals surface area (Å²) < 4.78 is 19.3. The van der Waals surface area contributed by atoms with Gasteiger partial charge in [0.25, 0.3) is 0 Å². The molecule has 2 fully saturated rings. The molecule has 19 heavy (non-hydrogen) atoms. The molecule has 3 rings (SSSR count). The van der Waals surface area contributed by atoms with Crippen molar-refractivity contribution in [1.82, 2.24) is 0 Å². The zero-order valence-electron chi connectivity index (χ0n) is 10.7. The van der Waals surface area contributed by atoms with Crippen LogP contribution in [-0.4, -0.2) is 24.3 Å². The average Bonchev–Trinajstić information content (AvgIpc) is 2.37. The number of benzene rings is 1. The Balaban J connectivity index is 1.92. The lowest BCUT2D eigenvalue weighted by Crippen LogP contribution is -2.56. The van der Waals surface area contributed by atoms with Gasteiger partial charge in [0.2, 0.25) is 0 Å². The van der Waals surface area contributed by atoms with E-state index in [0.29, 0.717) is 31.6 Å². The number of rotatable bonds is 2. The van der Waals surface area contributed by atoms with Crippen LogP contribution in [0.25, 0.3) is 0 Å². The number of aliphatic carboxylic acids is 1. The van der Waals surface area contributed by atoms with Crippen molar-refractivity contribution in [1.29, 1.82) is 0 Å². The highest BCUT2D eigenvalue weighted by atomic mass is 19.1. The molecule has 0 aromatic heterocycles. The van der Waals surface area contributed by atoms with Gasteiger partial charge in [-0.2, -0.15) is 0 Å². The minimum Gasteiger partial charge on any atom is -0.481 e. The SMILES string of the molecule is O=C(O)C1(c2ccccc2F)CC2(CCOCC2)C1. The maximum atomic E-state index is 13.9. The number of hydrogen-bond donors (Lipinski definition) is 1. The molecule has 1 N–H and O–H groups in total. The molecule has 1 spiro atoms. The zero-order chi connectivity index (χ0) is 13.5. The molecule has 0 bridgehead atoms. The summed E-state index contributed by atoms with van der Waals surface area (Å²) in [6.07, 6.45) is 2.83. The van der Waals surface area contributed by atoms with E-state index < -0.39 is 17.2 Å². The highest BCUT2D eigenvalue weighted by Crippen LogP contribution is 2.60. The molecule has 1 saturated carbocycles. The molecule has 0 radical (unpaired) electrons. The third kappa shape index (κ3) is 1.86. The van der Waals surface area contributed by atoms with Crippen LogP contribution < -0.4 is 0 Å². The van der Waals surface area contributed by atoms with E-state index in [0.717, 1.165) is 12.8 Å². The molecule has 102 valence electrons. The van der Waals surface area contributed by atoms with Crippen LogP contribution in [-0.2, 0) is 14.9 Å². The number of carboxylic acid groups (broad SMARTS) is 1. The lowest BCUT2D eigenvalue weighted by atomic mass is 9.48. The topological polar surface area (TPSA) is 46.5 Å². The first-order valence-corrected chi connectivity index (χ1v) is 6.64. The fourth-order valence-corrected chi connectivity index (χ4v) is 3.69. The summed E-state index contributed by atoms with van der Waals surface area (Å²) in [6.45, 7) is 1.37. The van der Waals surface area contributed by atoms with Crippen molar-refractivity contribution in [3.63, 3.8) is 0 Å². The third-order valence-electron chi connectivity index (χ3n) is 4.71. The van der Waals surface area contributed by atoms with E-state index in [4.69, 9.17) is 4.74 Å². The maximum Gasteiger partial charge on any atom is 0.314 e. The standard InChI is InChI=1S/C15H17FO3/c16-12-4-2-1-3-11(12)15(13(17)18)9-14(10-15)5-7-19-8-6-14/h1-4H,5-10H2,(H,17,18). The zero-order valence-corrected chi connectivity index (χ0v) is 10.7. The molecule has 3 nitrogen and oxygen atoms in total. The van der Waals surface area contributed by atoms with Gasteiger partial charge in [-0.1, -0.05) is 18.2 Å². The largest absolute Gasteiger partial charge is 0.481 e. The molecule has 1 aliphatic carbocycles. The predicted molar refractivity (Wildman–Crippen MR) is 67.4 cm³/mol. The Kier molecular flexibility index (Phi) is 2.86. The van der Waals surface area contributed by atoms with E-state index in [2.05, 4.69) is 0 Å². The summed E-state index contributed by atoms with van der Waals surface area (Å²) in [5.74, 6) is -1.32. The molecule has 1 aliphatic heterocycles. The van der Waals surface area contributed by atoms with Crippen molar-refractivity contribution in [2.24, 2.45) is 5.41 Å². The summed E-state index contributed by atoms with van der Waals surface area (Å²) in [4.78, 5) is 11.7. The number of hydrogen-bond acceptors (Lipinski definition) is 2. The van der Waals surface area contributed by atoms with Crippen LogP contribution in [0.1, 0.15) is 31.2 Å². The van der Waals surface area contributed by atoms with Crippen LogP contribution in [0, 0.1) is 11.2 Å². The van der Waals surface area contributed by atoms with Crippen LogP contribution in [0.5, 0.6) is 0 Å². The molecule has 4 heteroatoms.